The lowest BCUT2D eigenvalue weighted by molar-refractivity contribution is 0.102. The van der Waals surface area contributed by atoms with Crippen molar-refractivity contribution in [3.8, 4) is 11.3 Å². The Hall–Kier alpha value is -3.08. The van der Waals surface area contributed by atoms with Crippen molar-refractivity contribution < 1.29 is 17.7 Å². The Balaban J connectivity index is 1.78. The number of nitrogens with zero attached hydrogens (tertiary/aromatic N) is 3. The lowest BCUT2D eigenvalue weighted by Crippen LogP contribution is -2.22. The Morgan fingerprint density at radius 1 is 1.12 bits per heavy atom. The second kappa shape index (κ2) is 8.12. The van der Waals surface area contributed by atoms with Gasteiger partial charge >= 0.3 is 0 Å². The number of aryl methyl sites for hydroxylation is 3. The molecule has 10 heteroatoms. The van der Waals surface area contributed by atoms with E-state index in [0.29, 0.717) is 28.0 Å². The summed E-state index contributed by atoms with van der Waals surface area (Å²) in [6.45, 7) is 5.76. The van der Waals surface area contributed by atoms with Crippen molar-refractivity contribution in [3.63, 3.8) is 0 Å². The van der Waals surface area contributed by atoms with E-state index >= 15 is 0 Å². The van der Waals surface area contributed by atoms with Crippen LogP contribution in [0.2, 0.25) is 0 Å². The van der Waals surface area contributed by atoms with Crippen LogP contribution < -0.4 is 5.32 Å². The van der Waals surface area contributed by atoms with E-state index in [0.717, 1.165) is 19.6 Å². The standard InChI is InChI=1S/C22H22N4O4S2/c1-12-9-17(14(3)31-12)19-11-18(20-13(2)25-30-22(20)24-19)21(27)23-15-7-6-8-16(10-15)32(28,29)26(4)5/h6-11H,1-5H3,(H,23,27). The molecule has 0 aliphatic rings. The molecule has 0 aliphatic carbocycles. The Morgan fingerprint density at radius 2 is 1.88 bits per heavy atom. The smallest absolute Gasteiger partial charge is 0.259 e. The average molecular weight is 471 g/mol. The summed E-state index contributed by atoms with van der Waals surface area (Å²) in [5.41, 5.74) is 3.08. The Labute approximate surface area is 189 Å². The number of aromatic nitrogens is 2. The van der Waals surface area contributed by atoms with Gasteiger partial charge < -0.3 is 9.84 Å². The average Bonchev–Trinajstić information content (AvgIpc) is 3.28. The van der Waals surface area contributed by atoms with Gasteiger partial charge in [-0.2, -0.15) is 0 Å². The number of nitrogens with one attached hydrogen (secondary N) is 1. The first-order valence-corrected chi connectivity index (χ1v) is 12.0. The maximum Gasteiger partial charge on any atom is 0.259 e. The minimum Gasteiger partial charge on any atom is -0.335 e. The maximum atomic E-state index is 13.3. The zero-order valence-corrected chi connectivity index (χ0v) is 19.9. The highest BCUT2D eigenvalue weighted by Crippen LogP contribution is 2.33. The highest BCUT2D eigenvalue weighted by Gasteiger charge is 2.22. The van der Waals surface area contributed by atoms with Crippen LogP contribution in [-0.2, 0) is 10.0 Å². The van der Waals surface area contributed by atoms with Gasteiger partial charge in [0, 0.05) is 35.1 Å². The van der Waals surface area contributed by atoms with Gasteiger partial charge in [-0.25, -0.2) is 17.7 Å². The molecule has 166 valence electrons. The summed E-state index contributed by atoms with van der Waals surface area (Å²) in [4.78, 5) is 20.2. The van der Waals surface area contributed by atoms with E-state index in [-0.39, 0.29) is 10.6 Å². The molecular formula is C22H22N4O4S2. The van der Waals surface area contributed by atoms with Crippen molar-refractivity contribution in [1.29, 1.82) is 0 Å². The number of fused-ring (bicyclic) bond motifs is 1. The number of benzene rings is 1. The molecule has 0 bridgehead atoms. The van der Waals surface area contributed by atoms with Crippen LogP contribution >= 0.6 is 11.3 Å². The van der Waals surface area contributed by atoms with Gasteiger partial charge in [0.2, 0.25) is 10.0 Å². The van der Waals surface area contributed by atoms with Gasteiger partial charge in [0.15, 0.2) is 0 Å². The van der Waals surface area contributed by atoms with Gasteiger partial charge in [0.25, 0.3) is 11.6 Å². The van der Waals surface area contributed by atoms with Gasteiger partial charge in [-0.15, -0.1) is 11.3 Å². The molecule has 3 heterocycles. The number of sulfonamides is 1. The summed E-state index contributed by atoms with van der Waals surface area (Å²) in [6.07, 6.45) is 0. The molecule has 4 rings (SSSR count). The number of carbonyl (C=O) groups excluding carboxylic acids is 1. The molecule has 1 amide bonds. The minimum absolute atomic E-state index is 0.0893. The molecule has 0 aliphatic heterocycles. The van der Waals surface area contributed by atoms with Crippen LogP contribution in [0.15, 0.2) is 45.8 Å². The fraction of sp³-hybridized carbons (Fsp3) is 0.227. The summed E-state index contributed by atoms with van der Waals surface area (Å²) in [5, 5.41) is 7.30. The highest BCUT2D eigenvalue weighted by molar-refractivity contribution is 7.89. The van der Waals surface area contributed by atoms with Gasteiger partial charge in [0.05, 0.1) is 27.2 Å². The Kier molecular flexibility index (Phi) is 5.61. The molecule has 0 saturated carbocycles. The van der Waals surface area contributed by atoms with Crippen LogP contribution in [0.3, 0.4) is 0 Å². The van der Waals surface area contributed by atoms with Crippen molar-refractivity contribution in [3.05, 3.63) is 57.4 Å². The quantitative estimate of drug-likeness (QED) is 0.464. The number of pyridine rings is 1. The molecule has 0 unspecified atom stereocenters. The third-order valence-corrected chi connectivity index (χ3v) is 7.83. The molecule has 8 nitrogen and oxygen atoms in total. The molecule has 1 aromatic carbocycles. The molecule has 1 N–H and O–H groups in total. The highest BCUT2D eigenvalue weighted by atomic mass is 32.2. The second-order valence-corrected chi connectivity index (χ2v) is 11.2. The largest absolute Gasteiger partial charge is 0.335 e. The van der Waals surface area contributed by atoms with Crippen molar-refractivity contribution in [2.45, 2.75) is 25.7 Å². The summed E-state index contributed by atoms with van der Waals surface area (Å²) in [7, 11) is -0.715. The summed E-state index contributed by atoms with van der Waals surface area (Å²) < 4.78 is 31.4. The number of hydrogen-bond donors (Lipinski definition) is 1. The fourth-order valence-corrected chi connectivity index (χ4v) is 5.32. The molecule has 0 radical (unpaired) electrons. The van der Waals surface area contributed by atoms with Crippen LogP contribution in [0, 0.1) is 20.8 Å². The van der Waals surface area contributed by atoms with E-state index in [1.807, 2.05) is 19.9 Å². The van der Waals surface area contributed by atoms with E-state index < -0.39 is 15.9 Å². The Bertz CT molecular complexity index is 1450. The molecule has 0 saturated heterocycles. The van der Waals surface area contributed by atoms with Gasteiger partial charge in [0.1, 0.15) is 0 Å². The normalized spacial score (nSPS) is 11.9. The molecule has 4 aromatic rings. The van der Waals surface area contributed by atoms with E-state index in [9.17, 15) is 13.2 Å². The number of thiophene rings is 1. The molecule has 32 heavy (non-hydrogen) atoms. The molecule has 3 aromatic heterocycles. The maximum absolute atomic E-state index is 13.3. The number of hydrogen-bond acceptors (Lipinski definition) is 7. The number of rotatable bonds is 5. The first kappa shape index (κ1) is 22.1. The van der Waals surface area contributed by atoms with Crippen LogP contribution in [0.1, 0.15) is 25.8 Å². The predicted octanol–water partition coefficient (Wildman–Crippen LogP) is 4.38. The SMILES string of the molecule is Cc1cc(-c2cc(C(=O)Nc3cccc(S(=O)(=O)N(C)C)c3)c3c(C)noc3n2)c(C)s1. The fourth-order valence-electron chi connectivity index (χ4n) is 3.44. The van der Waals surface area contributed by atoms with Crippen LogP contribution in [-0.4, -0.2) is 42.9 Å². The second-order valence-electron chi connectivity index (χ2n) is 7.60. The zero-order valence-electron chi connectivity index (χ0n) is 18.3. The monoisotopic (exact) mass is 470 g/mol. The van der Waals surface area contributed by atoms with Gasteiger partial charge in [-0.3, -0.25) is 4.79 Å². The van der Waals surface area contributed by atoms with E-state index in [1.165, 1.54) is 26.2 Å². The first-order valence-electron chi connectivity index (χ1n) is 9.76. The molecule has 0 fully saturated rings. The van der Waals surface area contributed by atoms with Gasteiger partial charge in [-0.05, 0) is 51.1 Å². The third kappa shape index (κ3) is 3.92. The predicted molar refractivity (Wildman–Crippen MR) is 125 cm³/mol. The zero-order chi connectivity index (χ0) is 23.2. The van der Waals surface area contributed by atoms with Crippen LogP contribution in [0.25, 0.3) is 22.4 Å². The lowest BCUT2D eigenvalue weighted by atomic mass is 10.1. The lowest BCUT2D eigenvalue weighted by Gasteiger charge is -2.13. The minimum atomic E-state index is -3.63. The van der Waals surface area contributed by atoms with E-state index in [2.05, 4.69) is 15.5 Å². The molecule has 0 spiro atoms. The molecular weight excluding hydrogens is 448 g/mol. The van der Waals surface area contributed by atoms with E-state index in [4.69, 9.17) is 4.52 Å². The molecule has 0 atom stereocenters. The van der Waals surface area contributed by atoms with Crippen molar-refractivity contribution >= 4 is 44.1 Å². The number of anilines is 1. The summed E-state index contributed by atoms with van der Waals surface area (Å²) in [6, 6.07) is 9.88. The van der Waals surface area contributed by atoms with Crippen LogP contribution in [0.4, 0.5) is 5.69 Å². The number of carbonyl (C=O) groups is 1. The summed E-state index contributed by atoms with van der Waals surface area (Å²) in [5.74, 6) is -0.408. The Morgan fingerprint density at radius 3 is 2.53 bits per heavy atom. The van der Waals surface area contributed by atoms with Crippen LogP contribution in [0.5, 0.6) is 0 Å². The summed E-state index contributed by atoms with van der Waals surface area (Å²) >= 11 is 1.65. The topological polar surface area (TPSA) is 105 Å². The van der Waals surface area contributed by atoms with Crippen molar-refractivity contribution in [2.24, 2.45) is 0 Å². The van der Waals surface area contributed by atoms with Crippen molar-refractivity contribution in [1.82, 2.24) is 14.4 Å². The third-order valence-electron chi connectivity index (χ3n) is 5.05. The van der Waals surface area contributed by atoms with Gasteiger partial charge in [-0.1, -0.05) is 11.2 Å². The first-order chi connectivity index (χ1) is 15.1. The van der Waals surface area contributed by atoms with E-state index in [1.54, 1.807) is 36.5 Å². The number of amides is 1. The van der Waals surface area contributed by atoms with Crippen molar-refractivity contribution in [2.75, 3.05) is 19.4 Å².